The maximum atomic E-state index is 12.6. The molecule has 104 valence electrons. The van der Waals surface area contributed by atoms with Gasteiger partial charge in [0.25, 0.3) is 0 Å². The Labute approximate surface area is 121 Å². The highest BCUT2D eigenvalue weighted by molar-refractivity contribution is 8.17. The zero-order valence-electron chi connectivity index (χ0n) is 11.9. The summed E-state index contributed by atoms with van der Waals surface area (Å²) in [4.78, 5) is 0. The van der Waals surface area contributed by atoms with Gasteiger partial charge in [0.15, 0.2) is 17.2 Å². The smallest absolute Gasteiger partial charge is 0.194 e. The minimum absolute atomic E-state index is 0.0510. The Bertz CT molecular complexity index is 537. The molecule has 0 aliphatic carbocycles. The van der Waals surface area contributed by atoms with E-state index < -0.39 is 17.2 Å². The molecule has 0 spiro atoms. The van der Waals surface area contributed by atoms with E-state index in [0.717, 1.165) is 6.42 Å². The fraction of sp³-hybridized carbons (Fsp3) is 0.667. The van der Waals surface area contributed by atoms with Crippen LogP contribution in [0.25, 0.3) is 0 Å². The van der Waals surface area contributed by atoms with E-state index in [-0.39, 0.29) is 5.04 Å². The third-order valence-electron chi connectivity index (χ3n) is 3.47. The fourth-order valence-corrected chi connectivity index (χ4v) is 8.94. The van der Waals surface area contributed by atoms with Crippen molar-refractivity contribution in [1.29, 1.82) is 0 Å². The SMILES string of the molecule is CCc1csc(S(=O)(Cl)=N[Si](C)(C)C(C)(C)C)c1. The number of hydrogen-bond donors (Lipinski definition) is 0. The highest BCUT2D eigenvalue weighted by Crippen LogP contribution is 2.39. The van der Waals surface area contributed by atoms with Gasteiger partial charge < -0.3 is 0 Å². The van der Waals surface area contributed by atoms with Gasteiger partial charge in [-0.2, -0.15) is 0 Å². The second kappa shape index (κ2) is 5.27. The first-order valence-corrected chi connectivity index (χ1v) is 12.2. The molecule has 0 amide bonds. The molecule has 0 bridgehead atoms. The quantitative estimate of drug-likeness (QED) is 0.548. The molecule has 1 aromatic rings. The van der Waals surface area contributed by atoms with Crippen LogP contribution in [-0.2, 0) is 15.4 Å². The first kappa shape index (κ1) is 16.2. The predicted molar refractivity (Wildman–Crippen MR) is 85.6 cm³/mol. The molecule has 1 unspecified atom stereocenters. The van der Waals surface area contributed by atoms with Gasteiger partial charge in [0.1, 0.15) is 4.21 Å². The summed E-state index contributed by atoms with van der Waals surface area (Å²) in [6.07, 6.45) is 0.934. The molecular weight excluding hydrogens is 302 g/mol. The molecule has 0 fully saturated rings. The van der Waals surface area contributed by atoms with Crippen molar-refractivity contribution in [2.45, 2.75) is 56.5 Å². The van der Waals surface area contributed by atoms with Crippen LogP contribution in [0.5, 0.6) is 0 Å². The average molecular weight is 324 g/mol. The van der Waals surface area contributed by atoms with Gasteiger partial charge in [0.05, 0.1) is 0 Å². The standard InChI is InChI=1S/C12H22ClNOS2Si/c1-7-10-8-11(16-9-10)17(13,15)14-18(5,6)12(2,3)4/h8-9H,7H2,1-6H3. The molecule has 6 heteroatoms. The second-order valence-corrected chi connectivity index (χ2v) is 15.1. The van der Waals surface area contributed by atoms with Gasteiger partial charge in [0, 0.05) is 10.7 Å². The van der Waals surface area contributed by atoms with Crippen molar-refractivity contribution >= 4 is 39.2 Å². The summed E-state index contributed by atoms with van der Waals surface area (Å²) >= 11 is 1.45. The number of nitrogens with zero attached hydrogens (tertiary/aromatic N) is 1. The van der Waals surface area contributed by atoms with Crippen LogP contribution in [-0.4, -0.2) is 12.4 Å². The molecule has 18 heavy (non-hydrogen) atoms. The van der Waals surface area contributed by atoms with Gasteiger partial charge >= 0.3 is 0 Å². The molecule has 0 saturated carbocycles. The lowest BCUT2D eigenvalue weighted by Crippen LogP contribution is -2.35. The number of thiophene rings is 1. The molecule has 0 radical (unpaired) electrons. The summed E-state index contributed by atoms with van der Waals surface area (Å²) < 4.78 is 17.9. The highest BCUT2D eigenvalue weighted by Gasteiger charge is 2.37. The van der Waals surface area contributed by atoms with Gasteiger partial charge in [-0.15, -0.1) is 11.3 Å². The van der Waals surface area contributed by atoms with Crippen LogP contribution < -0.4 is 0 Å². The van der Waals surface area contributed by atoms with E-state index in [1.807, 2.05) is 11.4 Å². The van der Waals surface area contributed by atoms with E-state index in [9.17, 15) is 4.21 Å². The van der Waals surface area contributed by atoms with Crippen molar-refractivity contribution in [3.63, 3.8) is 0 Å². The molecule has 2 nitrogen and oxygen atoms in total. The summed E-state index contributed by atoms with van der Waals surface area (Å²) in [5.41, 5.74) is 1.17. The Morgan fingerprint density at radius 2 is 2.00 bits per heavy atom. The Morgan fingerprint density at radius 1 is 1.44 bits per heavy atom. The maximum absolute atomic E-state index is 12.6. The summed E-state index contributed by atoms with van der Waals surface area (Å²) in [5.74, 6) is 0. The van der Waals surface area contributed by atoms with E-state index >= 15 is 0 Å². The molecule has 1 heterocycles. The lowest BCUT2D eigenvalue weighted by Gasteiger charge is -2.32. The molecule has 1 atom stereocenters. The number of hydrogen-bond acceptors (Lipinski definition) is 3. The minimum Gasteiger partial charge on any atom is -0.260 e. The number of halogens is 1. The Kier molecular flexibility index (Phi) is 4.74. The molecular formula is C12H22ClNOS2Si. The van der Waals surface area contributed by atoms with Crippen LogP contribution in [0.2, 0.25) is 18.1 Å². The molecule has 1 rings (SSSR count). The molecule has 0 aromatic carbocycles. The van der Waals surface area contributed by atoms with Crippen molar-refractivity contribution in [1.82, 2.24) is 0 Å². The van der Waals surface area contributed by atoms with Gasteiger partial charge in [-0.25, -0.2) is 4.21 Å². The van der Waals surface area contributed by atoms with E-state index in [4.69, 9.17) is 10.7 Å². The number of aryl methyl sites for hydroxylation is 1. The van der Waals surface area contributed by atoms with Crippen molar-refractivity contribution in [3.05, 3.63) is 17.0 Å². The van der Waals surface area contributed by atoms with E-state index in [0.29, 0.717) is 4.21 Å². The van der Waals surface area contributed by atoms with Gasteiger partial charge in [0.2, 0.25) is 0 Å². The van der Waals surface area contributed by atoms with Crippen molar-refractivity contribution < 1.29 is 4.21 Å². The molecule has 0 aliphatic heterocycles. The van der Waals surface area contributed by atoms with E-state index in [1.165, 1.54) is 16.9 Å². The average Bonchev–Trinajstić information content (AvgIpc) is 2.62. The minimum atomic E-state index is -2.76. The highest BCUT2D eigenvalue weighted by atomic mass is 35.7. The molecule has 1 aromatic heterocycles. The van der Waals surface area contributed by atoms with Crippen LogP contribution in [0, 0.1) is 0 Å². The Hall–Kier alpha value is 0.157. The zero-order chi connectivity index (χ0) is 14.2. The Balaban J connectivity index is 3.25. The zero-order valence-corrected chi connectivity index (χ0v) is 15.3. The van der Waals surface area contributed by atoms with Gasteiger partial charge in [-0.1, -0.05) is 27.7 Å². The Morgan fingerprint density at radius 3 is 2.39 bits per heavy atom. The third-order valence-corrected chi connectivity index (χ3v) is 13.6. The summed E-state index contributed by atoms with van der Waals surface area (Å²) in [6.45, 7) is 12.7. The first-order valence-electron chi connectivity index (χ1n) is 6.05. The largest absolute Gasteiger partial charge is 0.260 e. The predicted octanol–water partition coefficient (Wildman–Crippen LogP) is 5.30. The van der Waals surface area contributed by atoms with Crippen LogP contribution in [0.15, 0.2) is 19.7 Å². The summed E-state index contributed by atoms with van der Waals surface area (Å²) in [7, 11) is 1.47. The summed E-state index contributed by atoms with van der Waals surface area (Å²) in [5, 5.41) is 2.06. The van der Waals surface area contributed by atoms with Crippen LogP contribution >= 0.6 is 22.0 Å². The second-order valence-electron chi connectivity index (χ2n) is 5.99. The van der Waals surface area contributed by atoms with Crippen LogP contribution in [0.4, 0.5) is 0 Å². The van der Waals surface area contributed by atoms with Crippen LogP contribution in [0.1, 0.15) is 33.3 Å². The van der Waals surface area contributed by atoms with Gasteiger partial charge in [-0.3, -0.25) is 4.03 Å². The first-order chi connectivity index (χ1) is 7.99. The molecule has 0 aliphatic rings. The molecule has 0 N–H and O–H groups in total. The lowest BCUT2D eigenvalue weighted by molar-refractivity contribution is 0.684. The van der Waals surface area contributed by atoms with Gasteiger partial charge in [-0.05, 0) is 41.6 Å². The monoisotopic (exact) mass is 323 g/mol. The van der Waals surface area contributed by atoms with Crippen molar-refractivity contribution in [2.75, 3.05) is 0 Å². The summed E-state index contributed by atoms with van der Waals surface area (Å²) in [6, 6.07) is 1.93. The third kappa shape index (κ3) is 3.59. The molecule has 0 saturated heterocycles. The maximum Gasteiger partial charge on any atom is 0.194 e. The topological polar surface area (TPSA) is 29.4 Å². The van der Waals surface area contributed by atoms with E-state index in [2.05, 4.69) is 44.8 Å². The van der Waals surface area contributed by atoms with E-state index in [1.54, 1.807) is 0 Å². The van der Waals surface area contributed by atoms with Crippen molar-refractivity contribution in [3.8, 4) is 0 Å². The van der Waals surface area contributed by atoms with Crippen molar-refractivity contribution in [2.24, 2.45) is 4.03 Å². The normalized spacial score (nSPS) is 16.4. The van der Waals surface area contributed by atoms with Crippen LogP contribution in [0.3, 0.4) is 0 Å². The lowest BCUT2D eigenvalue weighted by atomic mass is 10.2. The number of rotatable bonds is 3. The fourth-order valence-electron chi connectivity index (χ4n) is 1.15.